The standard InChI is InChI=1S/C28H24N2O4/c1-5-34-28(32)22-16(3)29-26-15(2)14-21(30-17-10-12-18(33-4)13-11-17)24-25(26)23(22)19-8-6-7-9-20(19)27(24)31/h6-14,30-31H,2,5H2,1,3-4H3. The Morgan fingerprint density at radius 1 is 1.06 bits per heavy atom. The second kappa shape index (κ2) is 8.23. The third kappa shape index (κ3) is 3.27. The molecule has 0 saturated heterocycles. The zero-order chi connectivity index (χ0) is 24.0. The zero-order valence-corrected chi connectivity index (χ0v) is 19.2. The lowest BCUT2D eigenvalue weighted by atomic mass is 9.91. The molecule has 0 radical (unpaired) electrons. The number of aryl methyl sites for hydroxylation is 1. The molecule has 5 aromatic rings. The summed E-state index contributed by atoms with van der Waals surface area (Å²) in [6.07, 6.45) is 0. The highest BCUT2D eigenvalue weighted by molar-refractivity contribution is 6.30. The number of carbonyl (C=O) groups excluding carboxylic acids is 1. The van der Waals surface area contributed by atoms with Gasteiger partial charge in [0.15, 0.2) is 0 Å². The summed E-state index contributed by atoms with van der Waals surface area (Å²) in [5.74, 6) is 0.419. The van der Waals surface area contributed by atoms with Crippen LogP contribution in [0.15, 0.2) is 54.6 Å². The summed E-state index contributed by atoms with van der Waals surface area (Å²) in [7, 11) is 1.62. The molecule has 1 aromatic heterocycles. The summed E-state index contributed by atoms with van der Waals surface area (Å²) in [6.45, 7) is 8.05. The number of phenols is 1. The maximum atomic E-state index is 13.1. The van der Waals surface area contributed by atoms with Crippen molar-refractivity contribution in [1.29, 1.82) is 0 Å². The van der Waals surface area contributed by atoms with Crippen molar-refractivity contribution >= 4 is 56.4 Å². The van der Waals surface area contributed by atoms with Crippen LogP contribution in [0.2, 0.25) is 0 Å². The molecule has 2 N–H and O–H groups in total. The molecule has 5 rings (SSSR count). The van der Waals surface area contributed by atoms with E-state index in [2.05, 4.69) is 11.9 Å². The molecule has 0 bridgehead atoms. The highest BCUT2D eigenvalue weighted by atomic mass is 16.5. The van der Waals surface area contributed by atoms with Gasteiger partial charge in [0.2, 0.25) is 0 Å². The van der Waals surface area contributed by atoms with E-state index in [0.29, 0.717) is 49.2 Å². The van der Waals surface area contributed by atoms with Gasteiger partial charge in [-0.1, -0.05) is 30.8 Å². The lowest BCUT2D eigenvalue weighted by molar-refractivity contribution is 0.0527. The number of anilines is 2. The van der Waals surface area contributed by atoms with Crippen molar-refractivity contribution in [3.05, 3.63) is 71.1 Å². The number of carbonyl (C=O) groups is 1. The fraction of sp³-hybridized carbons (Fsp3) is 0.143. The van der Waals surface area contributed by atoms with Crippen LogP contribution in [0.1, 0.15) is 23.0 Å². The number of phenolic OH excluding ortho intramolecular Hbond substituents is 1. The molecule has 0 aliphatic rings. The third-order valence-electron chi connectivity index (χ3n) is 6.06. The Bertz CT molecular complexity index is 1620. The van der Waals surface area contributed by atoms with Gasteiger partial charge in [0.25, 0.3) is 0 Å². The number of hydrogen-bond acceptors (Lipinski definition) is 6. The Hall–Kier alpha value is -4.32. The van der Waals surface area contributed by atoms with Crippen molar-refractivity contribution in [1.82, 2.24) is 4.98 Å². The summed E-state index contributed by atoms with van der Waals surface area (Å²) >= 11 is 0. The lowest BCUT2D eigenvalue weighted by Gasteiger charge is -2.19. The smallest absolute Gasteiger partial charge is 0.340 e. The molecule has 6 nitrogen and oxygen atoms in total. The van der Waals surface area contributed by atoms with Gasteiger partial charge in [-0.05, 0) is 54.8 Å². The van der Waals surface area contributed by atoms with Crippen molar-refractivity contribution in [3.63, 3.8) is 0 Å². The first-order chi connectivity index (χ1) is 16.4. The molecule has 170 valence electrons. The van der Waals surface area contributed by atoms with Gasteiger partial charge >= 0.3 is 5.97 Å². The SMILES string of the molecule is C=c1cc(Nc2ccc(OC)cc2)c2c(O)c3ccccc3c3c(C(=O)OCC)c(C)nc1c23. The van der Waals surface area contributed by atoms with E-state index >= 15 is 0 Å². The van der Waals surface area contributed by atoms with Crippen molar-refractivity contribution in [2.24, 2.45) is 0 Å². The largest absolute Gasteiger partial charge is 0.507 e. The first-order valence-electron chi connectivity index (χ1n) is 11.0. The Kier molecular flexibility index (Phi) is 5.21. The second-order valence-corrected chi connectivity index (χ2v) is 8.10. The van der Waals surface area contributed by atoms with Crippen molar-refractivity contribution in [3.8, 4) is 11.5 Å². The molecule has 0 spiro atoms. The van der Waals surface area contributed by atoms with Crippen LogP contribution in [0.25, 0.3) is 39.0 Å². The molecular weight excluding hydrogens is 428 g/mol. The highest BCUT2D eigenvalue weighted by Crippen LogP contribution is 2.45. The molecule has 0 unspecified atom stereocenters. The van der Waals surface area contributed by atoms with Crippen LogP contribution in [0, 0.1) is 6.92 Å². The molecule has 0 aliphatic heterocycles. The van der Waals surface area contributed by atoms with E-state index in [1.807, 2.05) is 54.6 Å². The van der Waals surface area contributed by atoms with Crippen molar-refractivity contribution < 1.29 is 19.4 Å². The molecule has 1 heterocycles. The average Bonchev–Trinajstić information content (AvgIpc) is 2.84. The van der Waals surface area contributed by atoms with E-state index < -0.39 is 5.97 Å². The van der Waals surface area contributed by atoms with Crippen LogP contribution < -0.4 is 15.3 Å². The van der Waals surface area contributed by atoms with Gasteiger partial charge in [-0.3, -0.25) is 4.98 Å². The number of methoxy groups -OCH3 is 1. The quantitative estimate of drug-likeness (QED) is 0.205. The fourth-order valence-corrected chi connectivity index (χ4v) is 4.57. The minimum absolute atomic E-state index is 0.115. The maximum absolute atomic E-state index is 13.1. The van der Waals surface area contributed by atoms with E-state index in [-0.39, 0.29) is 12.4 Å². The van der Waals surface area contributed by atoms with Gasteiger partial charge in [0, 0.05) is 21.8 Å². The van der Waals surface area contributed by atoms with Gasteiger partial charge in [-0.25, -0.2) is 4.79 Å². The summed E-state index contributed by atoms with van der Waals surface area (Å²) in [5.41, 5.74) is 3.07. The molecule has 6 heteroatoms. The number of aromatic hydroxyl groups is 1. The number of rotatable bonds is 5. The Morgan fingerprint density at radius 3 is 2.44 bits per heavy atom. The number of nitrogens with one attached hydrogen (secondary N) is 1. The third-order valence-corrected chi connectivity index (χ3v) is 6.06. The van der Waals surface area contributed by atoms with Crippen LogP contribution in [0.3, 0.4) is 0 Å². The van der Waals surface area contributed by atoms with E-state index in [9.17, 15) is 9.90 Å². The molecule has 34 heavy (non-hydrogen) atoms. The molecule has 0 aliphatic carbocycles. The summed E-state index contributed by atoms with van der Waals surface area (Å²) < 4.78 is 10.6. The number of esters is 1. The highest BCUT2D eigenvalue weighted by Gasteiger charge is 2.25. The Labute approximate surface area is 196 Å². The van der Waals surface area contributed by atoms with Crippen LogP contribution in [0.4, 0.5) is 11.4 Å². The molecular formula is C28H24N2O4. The van der Waals surface area contributed by atoms with Gasteiger partial charge in [-0.2, -0.15) is 0 Å². The van der Waals surface area contributed by atoms with Crippen molar-refractivity contribution in [2.75, 3.05) is 19.0 Å². The van der Waals surface area contributed by atoms with Gasteiger partial charge in [0.1, 0.15) is 11.5 Å². The number of ether oxygens (including phenoxy) is 2. The first kappa shape index (κ1) is 21.5. The number of aromatic nitrogens is 1. The molecule has 0 fully saturated rings. The van der Waals surface area contributed by atoms with Gasteiger partial charge in [-0.15, -0.1) is 0 Å². The monoisotopic (exact) mass is 452 g/mol. The van der Waals surface area contributed by atoms with E-state index in [0.717, 1.165) is 16.8 Å². The van der Waals surface area contributed by atoms with E-state index in [1.54, 1.807) is 21.0 Å². The van der Waals surface area contributed by atoms with Gasteiger partial charge in [0.05, 0.1) is 41.6 Å². The zero-order valence-electron chi connectivity index (χ0n) is 19.2. The topological polar surface area (TPSA) is 80.7 Å². The van der Waals surface area contributed by atoms with Gasteiger partial charge < -0.3 is 19.9 Å². The number of nitrogens with zero attached hydrogens (tertiary/aromatic N) is 1. The minimum atomic E-state index is -0.439. The lowest BCUT2D eigenvalue weighted by Crippen LogP contribution is -2.13. The first-order valence-corrected chi connectivity index (χ1v) is 11.0. The Morgan fingerprint density at radius 2 is 1.76 bits per heavy atom. The number of fused-ring (bicyclic) bond motifs is 2. The maximum Gasteiger partial charge on any atom is 0.340 e. The second-order valence-electron chi connectivity index (χ2n) is 8.10. The number of pyridine rings is 1. The predicted octanol–water partition coefficient (Wildman–Crippen LogP) is 5.61. The van der Waals surface area contributed by atoms with Crippen molar-refractivity contribution in [2.45, 2.75) is 13.8 Å². The number of benzene rings is 4. The predicted molar refractivity (Wildman–Crippen MR) is 136 cm³/mol. The van der Waals surface area contributed by atoms with Crippen LogP contribution >= 0.6 is 0 Å². The fourth-order valence-electron chi connectivity index (χ4n) is 4.57. The summed E-state index contributed by atoms with van der Waals surface area (Å²) in [6, 6.07) is 16.9. The normalized spacial score (nSPS) is 11.3. The average molecular weight is 453 g/mol. The van der Waals surface area contributed by atoms with E-state index in [1.165, 1.54) is 0 Å². The number of hydrogen-bond donors (Lipinski definition) is 2. The minimum Gasteiger partial charge on any atom is -0.507 e. The van der Waals surface area contributed by atoms with Crippen LogP contribution in [-0.2, 0) is 4.74 Å². The molecule has 0 atom stereocenters. The van der Waals surface area contributed by atoms with E-state index in [4.69, 9.17) is 14.5 Å². The summed E-state index contributed by atoms with van der Waals surface area (Å²) in [4.78, 5) is 17.8. The van der Waals surface area contributed by atoms with Crippen LogP contribution in [-0.4, -0.2) is 29.8 Å². The Balaban J connectivity index is 1.93. The molecule has 0 saturated carbocycles. The van der Waals surface area contributed by atoms with Crippen LogP contribution in [0.5, 0.6) is 11.5 Å². The molecule has 4 aromatic carbocycles. The summed E-state index contributed by atoms with van der Waals surface area (Å²) in [5, 5.41) is 18.9. The molecule has 0 amide bonds.